The van der Waals surface area contributed by atoms with Crippen LogP contribution >= 0.6 is 0 Å². The summed E-state index contributed by atoms with van der Waals surface area (Å²) in [6.07, 6.45) is -2.56. The fraction of sp³-hybridized carbons (Fsp3) is 0.467. The van der Waals surface area contributed by atoms with Gasteiger partial charge in [-0.25, -0.2) is 9.59 Å². The van der Waals surface area contributed by atoms with Crippen LogP contribution in [0.25, 0.3) is 0 Å². The molecule has 6 nitrogen and oxygen atoms in total. The van der Waals surface area contributed by atoms with Crippen molar-refractivity contribution in [1.82, 2.24) is 5.32 Å². The summed E-state index contributed by atoms with van der Waals surface area (Å²) in [5.41, 5.74) is 1.58. The van der Waals surface area contributed by atoms with E-state index >= 15 is 0 Å². The summed E-state index contributed by atoms with van der Waals surface area (Å²) >= 11 is 0. The van der Waals surface area contributed by atoms with E-state index in [1.54, 1.807) is 13.2 Å². The highest BCUT2D eigenvalue weighted by molar-refractivity contribution is 5.92. The molecular weight excluding hydrogens is 331 g/mol. The summed E-state index contributed by atoms with van der Waals surface area (Å²) in [6.45, 7) is 0.808. The van der Waals surface area contributed by atoms with Crippen LogP contribution in [-0.4, -0.2) is 43.5 Å². The maximum Gasteiger partial charge on any atom is 0.490 e. The topological polar surface area (TPSA) is 84.9 Å². The lowest BCUT2D eigenvalue weighted by molar-refractivity contribution is -0.192. The van der Waals surface area contributed by atoms with E-state index in [1.165, 1.54) is 20.0 Å². The highest BCUT2D eigenvalue weighted by Crippen LogP contribution is 2.23. The average Bonchev–Trinajstić information content (AvgIpc) is 3.35. The quantitative estimate of drug-likeness (QED) is 0.794. The third kappa shape index (κ3) is 6.45. The van der Waals surface area contributed by atoms with Crippen LogP contribution in [0.4, 0.5) is 13.2 Å². The van der Waals surface area contributed by atoms with Crippen molar-refractivity contribution >= 4 is 11.9 Å². The second-order valence-corrected chi connectivity index (χ2v) is 4.98. The fourth-order valence-corrected chi connectivity index (χ4v) is 1.67. The monoisotopic (exact) mass is 349 g/mol. The number of halogens is 3. The van der Waals surface area contributed by atoms with Crippen molar-refractivity contribution in [3.05, 3.63) is 29.3 Å². The minimum Gasteiger partial charge on any atom is -0.496 e. The van der Waals surface area contributed by atoms with Gasteiger partial charge in [0.2, 0.25) is 0 Å². The molecule has 24 heavy (non-hydrogen) atoms. The normalized spacial score (nSPS) is 13.5. The van der Waals surface area contributed by atoms with Gasteiger partial charge in [0.05, 0.1) is 14.2 Å². The molecule has 0 radical (unpaired) electrons. The van der Waals surface area contributed by atoms with E-state index in [0.717, 1.165) is 12.1 Å². The molecule has 2 rings (SSSR count). The molecule has 1 aliphatic carbocycles. The van der Waals surface area contributed by atoms with Crippen LogP contribution in [0.3, 0.4) is 0 Å². The van der Waals surface area contributed by atoms with Crippen LogP contribution in [0.15, 0.2) is 18.2 Å². The van der Waals surface area contributed by atoms with Gasteiger partial charge in [-0.3, -0.25) is 0 Å². The van der Waals surface area contributed by atoms with E-state index in [-0.39, 0.29) is 5.97 Å². The van der Waals surface area contributed by atoms with Crippen LogP contribution in [-0.2, 0) is 16.1 Å². The molecule has 134 valence electrons. The van der Waals surface area contributed by atoms with Gasteiger partial charge in [-0.05, 0) is 30.5 Å². The SMILES string of the molecule is COC(=O)c1ccc(CNC2CC2)cc1OC.O=C(O)C(F)(F)F. The van der Waals surface area contributed by atoms with Gasteiger partial charge in [0.1, 0.15) is 11.3 Å². The van der Waals surface area contributed by atoms with Crippen LogP contribution in [0.5, 0.6) is 5.75 Å². The number of ether oxygens (including phenoxy) is 2. The molecule has 0 atom stereocenters. The van der Waals surface area contributed by atoms with E-state index in [2.05, 4.69) is 5.32 Å². The Labute approximate surface area is 136 Å². The second kappa shape index (κ2) is 8.53. The third-order valence-corrected chi connectivity index (χ3v) is 3.09. The van der Waals surface area contributed by atoms with Gasteiger partial charge >= 0.3 is 18.1 Å². The summed E-state index contributed by atoms with van der Waals surface area (Å²) in [6, 6.07) is 6.21. The molecule has 0 aliphatic heterocycles. The van der Waals surface area contributed by atoms with E-state index in [9.17, 15) is 18.0 Å². The van der Waals surface area contributed by atoms with Gasteiger partial charge < -0.3 is 19.9 Å². The molecule has 1 aromatic rings. The number of rotatable bonds is 5. The first-order valence-corrected chi connectivity index (χ1v) is 6.97. The number of nitrogens with one attached hydrogen (secondary N) is 1. The van der Waals surface area contributed by atoms with Gasteiger partial charge in [0.25, 0.3) is 0 Å². The Morgan fingerprint density at radius 1 is 1.29 bits per heavy atom. The smallest absolute Gasteiger partial charge is 0.490 e. The Morgan fingerprint density at radius 2 is 1.88 bits per heavy atom. The van der Waals surface area contributed by atoms with Crippen LogP contribution in [0.1, 0.15) is 28.8 Å². The van der Waals surface area contributed by atoms with Crippen LogP contribution < -0.4 is 10.1 Å². The Kier molecular flexibility index (Phi) is 7.02. The number of carboxylic acid groups (broad SMARTS) is 1. The predicted molar refractivity (Wildman–Crippen MR) is 77.9 cm³/mol. The van der Waals surface area contributed by atoms with Crippen LogP contribution in [0, 0.1) is 0 Å². The number of hydrogen-bond acceptors (Lipinski definition) is 5. The highest BCUT2D eigenvalue weighted by atomic mass is 19.4. The maximum absolute atomic E-state index is 11.5. The molecule has 1 aliphatic rings. The standard InChI is InChI=1S/C13H17NO3.C2HF3O2/c1-16-12-7-9(8-14-10-4-5-10)3-6-11(12)13(15)17-2;3-2(4,5)1(6)7/h3,6-7,10,14H,4-5,8H2,1-2H3;(H,6,7). The Morgan fingerprint density at radius 3 is 2.29 bits per heavy atom. The molecule has 1 aromatic carbocycles. The van der Waals surface area contributed by atoms with Crippen molar-refractivity contribution < 1.29 is 37.3 Å². The van der Waals surface area contributed by atoms with Crippen molar-refractivity contribution in [3.8, 4) is 5.75 Å². The first-order chi connectivity index (χ1) is 11.2. The number of methoxy groups -OCH3 is 2. The van der Waals surface area contributed by atoms with Crippen molar-refractivity contribution in [2.75, 3.05) is 14.2 Å². The zero-order valence-electron chi connectivity index (χ0n) is 13.1. The summed E-state index contributed by atoms with van der Waals surface area (Å²) < 4.78 is 41.6. The molecule has 2 N–H and O–H groups in total. The molecule has 0 aromatic heterocycles. The predicted octanol–water partition coefficient (Wildman–Crippen LogP) is 2.37. The molecule has 0 bridgehead atoms. The lowest BCUT2D eigenvalue weighted by Gasteiger charge is -2.09. The molecule has 1 fully saturated rings. The molecule has 1 saturated carbocycles. The van der Waals surface area contributed by atoms with E-state index in [0.29, 0.717) is 17.4 Å². The van der Waals surface area contributed by atoms with Crippen molar-refractivity contribution in [1.29, 1.82) is 0 Å². The summed E-state index contributed by atoms with van der Waals surface area (Å²) in [7, 11) is 2.92. The van der Waals surface area contributed by atoms with Gasteiger partial charge in [0.15, 0.2) is 0 Å². The number of carbonyl (C=O) groups excluding carboxylic acids is 1. The van der Waals surface area contributed by atoms with Crippen LogP contribution in [0.2, 0.25) is 0 Å². The first kappa shape index (κ1) is 19.8. The average molecular weight is 349 g/mol. The van der Waals surface area contributed by atoms with Gasteiger partial charge in [0, 0.05) is 12.6 Å². The molecular formula is C15H18F3NO5. The number of alkyl halides is 3. The number of carboxylic acids is 1. The van der Waals surface area contributed by atoms with E-state index in [4.69, 9.17) is 19.4 Å². The Bertz CT molecular complexity index is 585. The number of aliphatic carboxylic acids is 1. The number of carbonyl (C=O) groups is 2. The molecule has 9 heteroatoms. The van der Waals surface area contributed by atoms with Crippen molar-refractivity contribution in [2.24, 2.45) is 0 Å². The van der Waals surface area contributed by atoms with Crippen molar-refractivity contribution in [2.45, 2.75) is 31.6 Å². The molecule has 0 unspecified atom stereocenters. The fourth-order valence-electron chi connectivity index (χ4n) is 1.67. The highest BCUT2D eigenvalue weighted by Gasteiger charge is 2.38. The zero-order valence-corrected chi connectivity index (χ0v) is 13.1. The van der Waals surface area contributed by atoms with Gasteiger partial charge in [-0.2, -0.15) is 13.2 Å². The Balaban J connectivity index is 0.000000351. The lowest BCUT2D eigenvalue weighted by Crippen LogP contribution is -2.21. The second-order valence-electron chi connectivity index (χ2n) is 4.98. The lowest BCUT2D eigenvalue weighted by atomic mass is 10.1. The number of hydrogen-bond donors (Lipinski definition) is 2. The molecule has 0 spiro atoms. The third-order valence-electron chi connectivity index (χ3n) is 3.09. The number of benzene rings is 1. The Hall–Kier alpha value is -2.29. The molecule has 0 saturated heterocycles. The first-order valence-electron chi connectivity index (χ1n) is 6.97. The van der Waals surface area contributed by atoms with E-state index < -0.39 is 12.1 Å². The molecule has 0 amide bonds. The maximum atomic E-state index is 11.5. The summed E-state index contributed by atoms with van der Waals surface area (Å²) in [4.78, 5) is 20.4. The minimum absolute atomic E-state index is 0.372. The number of esters is 1. The van der Waals surface area contributed by atoms with Crippen molar-refractivity contribution in [3.63, 3.8) is 0 Å². The molecule has 0 heterocycles. The van der Waals surface area contributed by atoms with E-state index in [1.807, 2.05) is 12.1 Å². The minimum atomic E-state index is -5.08. The largest absolute Gasteiger partial charge is 0.496 e. The summed E-state index contributed by atoms with van der Waals surface area (Å²) in [5, 5.41) is 10.5. The van der Waals surface area contributed by atoms with Gasteiger partial charge in [-0.15, -0.1) is 0 Å². The van der Waals surface area contributed by atoms with Gasteiger partial charge in [-0.1, -0.05) is 6.07 Å². The summed E-state index contributed by atoms with van der Waals surface area (Å²) in [5.74, 6) is -2.57. The zero-order chi connectivity index (χ0) is 18.3.